The maximum absolute atomic E-state index is 13.0. The van der Waals surface area contributed by atoms with E-state index in [1.807, 2.05) is 11.6 Å². The molecule has 0 saturated heterocycles. The summed E-state index contributed by atoms with van der Waals surface area (Å²) >= 11 is 0. The van der Waals surface area contributed by atoms with Crippen LogP contribution in [-0.2, 0) is 34.9 Å². The Balaban J connectivity index is 1.54. The molecule has 0 atom stereocenters. The van der Waals surface area contributed by atoms with E-state index in [-0.39, 0.29) is 22.9 Å². The average Bonchev–Trinajstić information content (AvgIpc) is 3.12. The fourth-order valence-electron chi connectivity index (χ4n) is 3.61. The molecule has 3 aromatic carbocycles. The number of nitrogens with one attached hydrogen (secondary N) is 2. The first-order valence-corrected chi connectivity index (χ1v) is 12.0. The highest BCUT2D eigenvalue weighted by atomic mass is 32.2. The highest BCUT2D eigenvalue weighted by molar-refractivity contribution is 7.92. The van der Waals surface area contributed by atoms with Crippen LogP contribution < -0.4 is 15.2 Å². The van der Waals surface area contributed by atoms with Crippen molar-refractivity contribution in [2.24, 2.45) is 12.8 Å². The van der Waals surface area contributed by atoms with E-state index in [1.165, 1.54) is 12.1 Å². The number of hydrogen-bond acceptors (Lipinski definition) is 6. The average molecular weight is 494 g/mol. The van der Waals surface area contributed by atoms with Gasteiger partial charge in [0.15, 0.2) is 0 Å². The zero-order valence-corrected chi connectivity index (χ0v) is 19.5. The molecule has 4 aromatic rings. The molecule has 0 radical (unpaired) electrons. The number of nitrogen functional groups attached to an aromatic ring is 1. The molecule has 0 fully saturated rings. The van der Waals surface area contributed by atoms with Crippen molar-refractivity contribution in [1.29, 1.82) is 5.41 Å². The zero-order valence-electron chi connectivity index (χ0n) is 18.7. The number of benzene rings is 3. The SMILES string of the molecule is Cn1c(COc2ccc(C(=N)N)cc2)nc2cc(NS(=O)(=O)c3ccccc3CC(=O)O)ccc21. The van der Waals surface area contributed by atoms with E-state index in [1.54, 1.807) is 54.6 Å². The number of carbonyl (C=O) groups is 1. The van der Waals surface area contributed by atoms with Crippen molar-refractivity contribution in [2.75, 3.05) is 4.72 Å². The fourth-order valence-corrected chi connectivity index (χ4v) is 4.90. The van der Waals surface area contributed by atoms with Crippen LogP contribution in [-0.4, -0.2) is 34.9 Å². The van der Waals surface area contributed by atoms with Gasteiger partial charge in [0, 0.05) is 12.6 Å². The first-order chi connectivity index (χ1) is 16.6. The molecule has 0 saturated carbocycles. The smallest absolute Gasteiger partial charge is 0.307 e. The van der Waals surface area contributed by atoms with Crippen LogP contribution in [0.4, 0.5) is 5.69 Å². The first-order valence-electron chi connectivity index (χ1n) is 10.5. The lowest BCUT2D eigenvalue weighted by molar-refractivity contribution is -0.136. The number of rotatable bonds is 9. The number of ether oxygens (including phenoxy) is 1. The molecule has 10 nitrogen and oxygen atoms in total. The Hall–Kier alpha value is -4.38. The van der Waals surface area contributed by atoms with Crippen LogP contribution in [0.3, 0.4) is 0 Å². The molecule has 0 aliphatic carbocycles. The van der Waals surface area contributed by atoms with Crippen LogP contribution in [0, 0.1) is 5.41 Å². The number of fused-ring (bicyclic) bond motifs is 1. The molecule has 0 amide bonds. The number of imidazole rings is 1. The minimum absolute atomic E-state index is 0.0243. The van der Waals surface area contributed by atoms with E-state index in [9.17, 15) is 13.2 Å². The van der Waals surface area contributed by atoms with Crippen molar-refractivity contribution >= 4 is 38.5 Å². The van der Waals surface area contributed by atoms with Gasteiger partial charge in [-0.2, -0.15) is 0 Å². The second-order valence-electron chi connectivity index (χ2n) is 7.80. The largest absolute Gasteiger partial charge is 0.486 e. The molecule has 0 bridgehead atoms. The van der Waals surface area contributed by atoms with E-state index in [2.05, 4.69) is 9.71 Å². The summed E-state index contributed by atoms with van der Waals surface area (Å²) in [5, 5.41) is 16.5. The summed E-state index contributed by atoms with van der Waals surface area (Å²) in [6.45, 7) is 0.175. The van der Waals surface area contributed by atoms with Gasteiger partial charge in [-0.05, 0) is 54.1 Å². The van der Waals surface area contributed by atoms with E-state index >= 15 is 0 Å². The number of aliphatic carboxylic acids is 1. The molecule has 0 spiro atoms. The lowest BCUT2D eigenvalue weighted by Crippen LogP contribution is -2.16. The predicted octanol–water partition coefficient (Wildman–Crippen LogP) is 2.86. The van der Waals surface area contributed by atoms with Crippen LogP contribution in [0.5, 0.6) is 5.75 Å². The molecule has 11 heteroatoms. The van der Waals surface area contributed by atoms with Crippen molar-refractivity contribution < 1.29 is 23.1 Å². The Morgan fingerprint density at radius 2 is 1.86 bits per heavy atom. The van der Waals surface area contributed by atoms with Gasteiger partial charge in [-0.3, -0.25) is 14.9 Å². The highest BCUT2D eigenvalue weighted by Gasteiger charge is 2.20. The third-order valence-corrected chi connectivity index (χ3v) is 6.84. The quantitative estimate of drug-likeness (QED) is 0.206. The van der Waals surface area contributed by atoms with Crippen LogP contribution in [0.2, 0.25) is 0 Å². The van der Waals surface area contributed by atoms with Crippen LogP contribution in [0.1, 0.15) is 17.0 Å². The van der Waals surface area contributed by atoms with Gasteiger partial charge < -0.3 is 20.1 Å². The van der Waals surface area contributed by atoms with E-state index < -0.39 is 22.4 Å². The monoisotopic (exact) mass is 493 g/mol. The number of sulfonamides is 1. The predicted molar refractivity (Wildman–Crippen MR) is 131 cm³/mol. The molecular formula is C24H23N5O5S. The summed E-state index contributed by atoms with van der Waals surface area (Å²) in [4.78, 5) is 15.6. The second-order valence-corrected chi connectivity index (χ2v) is 9.45. The summed E-state index contributed by atoms with van der Waals surface area (Å²) < 4.78 is 36.1. The van der Waals surface area contributed by atoms with Gasteiger partial charge in [0.05, 0.1) is 28.0 Å². The number of anilines is 1. The third-order valence-electron chi connectivity index (χ3n) is 5.36. The number of aryl methyl sites for hydroxylation is 1. The molecule has 4 rings (SSSR count). The molecule has 0 unspecified atom stereocenters. The number of nitrogens with two attached hydrogens (primary N) is 1. The molecule has 1 aromatic heterocycles. The Bertz CT molecular complexity index is 1530. The van der Waals surface area contributed by atoms with Crippen LogP contribution in [0.15, 0.2) is 71.6 Å². The van der Waals surface area contributed by atoms with Crippen molar-refractivity contribution in [3.05, 3.63) is 83.7 Å². The van der Waals surface area contributed by atoms with Crippen molar-refractivity contribution in [1.82, 2.24) is 9.55 Å². The van der Waals surface area contributed by atoms with Gasteiger partial charge in [-0.15, -0.1) is 0 Å². The van der Waals surface area contributed by atoms with Gasteiger partial charge in [0.25, 0.3) is 10.0 Å². The minimum Gasteiger partial charge on any atom is -0.486 e. The second kappa shape index (κ2) is 9.47. The van der Waals surface area contributed by atoms with Gasteiger partial charge >= 0.3 is 5.97 Å². The maximum Gasteiger partial charge on any atom is 0.307 e. The summed E-state index contributed by atoms with van der Waals surface area (Å²) in [5.41, 5.74) is 7.91. The Kier molecular flexibility index (Phi) is 6.43. The number of aromatic nitrogens is 2. The number of nitrogens with zero attached hydrogens (tertiary/aromatic N) is 2. The molecule has 0 aliphatic heterocycles. The van der Waals surface area contributed by atoms with Crippen molar-refractivity contribution in [3.63, 3.8) is 0 Å². The lowest BCUT2D eigenvalue weighted by Gasteiger charge is -2.11. The zero-order chi connectivity index (χ0) is 25.2. The summed E-state index contributed by atoms with van der Waals surface area (Å²) in [6, 6.07) is 17.8. The van der Waals surface area contributed by atoms with E-state index in [4.69, 9.17) is 21.0 Å². The molecule has 35 heavy (non-hydrogen) atoms. The first kappa shape index (κ1) is 23.8. The normalized spacial score (nSPS) is 11.3. The lowest BCUT2D eigenvalue weighted by atomic mass is 10.1. The van der Waals surface area contributed by atoms with E-state index in [0.29, 0.717) is 28.3 Å². The van der Waals surface area contributed by atoms with Gasteiger partial charge in [0.2, 0.25) is 0 Å². The number of carboxylic acids is 1. The standard InChI is InChI=1S/C24H23N5O5S/c1-29-20-11-8-17(28-35(32,33)21-5-3-2-4-16(21)12-23(30)31)13-19(20)27-22(29)14-34-18-9-6-15(7-10-18)24(25)26/h2-11,13,28H,12,14H2,1H3,(H3,25,26)(H,30,31). The summed E-state index contributed by atoms with van der Waals surface area (Å²) in [7, 11) is -2.18. The van der Waals surface area contributed by atoms with Crippen LogP contribution in [0.25, 0.3) is 11.0 Å². The Morgan fingerprint density at radius 1 is 1.14 bits per heavy atom. The molecular weight excluding hydrogens is 470 g/mol. The van der Waals surface area contributed by atoms with Gasteiger partial charge in [-0.1, -0.05) is 18.2 Å². The number of hydrogen-bond donors (Lipinski definition) is 4. The molecule has 0 aliphatic rings. The summed E-state index contributed by atoms with van der Waals surface area (Å²) in [5.74, 6) is 0.0776. The Morgan fingerprint density at radius 3 is 2.54 bits per heavy atom. The van der Waals surface area contributed by atoms with Gasteiger partial charge in [0.1, 0.15) is 24.0 Å². The minimum atomic E-state index is -4.01. The topological polar surface area (TPSA) is 160 Å². The van der Waals surface area contributed by atoms with E-state index in [0.717, 1.165) is 5.52 Å². The fraction of sp³-hybridized carbons (Fsp3) is 0.125. The van der Waals surface area contributed by atoms with Crippen LogP contribution >= 0.6 is 0 Å². The summed E-state index contributed by atoms with van der Waals surface area (Å²) in [6.07, 6.45) is -0.406. The molecule has 5 N–H and O–H groups in total. The number of amidine groups is 1. The highest BCUT2D eigenvalue weighted by Crippen LogP contribution is 2.24. The maximum atomic E-state index is 13.0. The Labute approximate surface area is 201 Å². The van der Waals surface area contributed by atoms with Crippen molar-refractivity contribution in [3.8, 4) is 5.75 Å². The molecule has 1 heterocycles. The van der Waals surface area contributed by atoms with Crippen molar-refractivity contribution in [2.45, 2.75) is 17.9 Å². The number of carboxylic acid groups (broad SMARTS) is 1. The third kappa shape index (κ3) is 5.25. The molecule has 180 valence electrons. The van der Waals surface area contributed by atoms with Gasteiger partial charge in [-0.25, -0.2) is 13.4 Å².